The lowest BCUT2D eigenvalue weighted by molar-refractivity contribution is 1.07. The molecular weight excluding hydrogens is 821 g/mol. The van der Waals surface area contributed by atoms with Gasteiger partial charge in [-0.1, -0.05) is 188 Å². The van der Waals surface area contributed by atoms with E-state index in [-0.39, 0.29) is 0 Å². The monoisotopic (exact) mass is 856 g/mol. The first-order valence-electron chi connectivity index (χ1n) is 22.3. The van der Waals surface area contributed by atoms with Crippen molar-refractivity contribution in [2.75, 3.05) is 0 Å². The molecule has 0 saturated carbocycles. The predicted molar refractivity (Wildman–Crippen MR) is 279 cm³/mol. The average molecular weight is 857 g/mol. The maximum Gasteiger partial charge on any atom is 0.166 e. The van der Waals surface area contributed by atoms with E-state index in [2.05, 4.69) is 223 Å². The van der Waals surface area contributed by atoms with E-state index >= 15 is 0 Å². The second kappa shape index (κ2) is 14.5. The molecular formula is C61H36N4S. The molecule has 5 heteroatoms. The normalized spacial score (nSPS) is 11.9. The maximum absolute atomic E-state index is 5.55. The summed E-state index contributed by atoms with van der Waals surface area (Å²) < 4.78 is 4.95. The molecule has 0 aliphatic carbocycles. The number of aromatic nitrogens is 4. The van der Waals surface area contributed by atoms with Crippen molar-refractivity contribution in [1.29, 1.82) is 0 Å². The Morgan fingerprint density at radius 3 is 1.73 bits per heavy atom. The van der Waals surface area contributed by atoms with Crippen LogP contribution in [0.1, 0.15) is 0 Å². The van der Waals surface area contributed by atoms with Gasteiger partial charge in [0.05, 0.1) is 21.4 Å². The molecule has 3 heterocycles. The highest BCUT2D eigenvalue weighted by Crippen LogP contribution is 2.48. The van der Waals surface area contributed by atoms with Gasteiger partial charge in [0.1, 0.15) is 0 Å². The first-order chi connectivity index (χ1) is 32.7. The van der Waals surface area contributed by atoms with Crippen molar-refractivity contribution < 1.29 is 0 Å². The Morgan fingerprint density at radius 1 is 0.333 bits per heavy atom. The Bertz CT molecular complexity index is 4290. The Morgan fingerprint density at radius 2 is 0.909 bits per heavy atom. The molecule has 306 valence electrons. The molecule has 14 aromatic rings. The summed E-state index contributed by atoms with van der Waals surface area (Å²) in [5.74, 6) is 1.86. The fourth-order valence-corrected chi connectivity index (χ4v) is 11.6. The van der Waals surface area contributed by atoms with Crippen LogP contribution >= 0.6 is 11.3 Å². The smallest absolute Gasteiger partial charge is 0.166 e. The molecule has 0 radical (unpaired) electrons. The molecule has 0 unspecified atom stereocenters. The summed E-state index contributed by atoms with van der Waals surface area (Å²) >= 11 is 1.85. The van der Waals surface area contributed by atoms with E-state index in [1.807, 2.05) is 11.3 Å². The third kappa shape index (κ3) is 5.67. The second-order valence-corrected chi connectivity index (χ2v) is 18.2. The van der Waals surface area contributed by atoms with Crippen LogP contribution in [0, 0.1) is 0 Å². The molecule has 3 aromatic heterocycles. The first-order valence-corrected chi connectivity index (χ1v) is 23.2. The third-order valence-corrected chi connectivity index (χ3v) is 14.6. The number of hydrogen-bond acceptors (Lipinski definition) is 4. The van der Waals surface area contributed by atoms with Gasteiger partial charge in [-0.25, -0.2) is 15.0 Å². The molecule has 66 heavy (non-hydrogen) atoms. The summed E-state index contributed by atoms with van der Waals surface area (Å²) in [6.45, 7) is 0. The minimum atomic E-state index is 0.614. The average Bonchev–Trinajstić information content (AvgIpc) is 3.93. The number of rotatable bonds is 5. The summed E-state index contributed by atoms with van der Waals surface area (Å²) in [5.41, 5.74) is 8.41. The van der Waals surface area contributed by atoms with Gasteiger partial charge in [0.15, 0.2) is 17.5 Å². The predicted octanol–water partition coefficient (Wildman–Crippen LogP) is 16.6. The zero-order valence-electron chi connectivity index (χ0n) is 35.5. The number of fused-ring (bicyclic) bond motifs is 12. The van der Waals surface area contributed by atoms with Crippen molar-refractivity contribution in [3.8, 4) is 51.0 Å². The maximum atomic E-state index is 5.55. The van der Waals surface area contributed by atoms with Crippen molar-refractivity contribution in [2.24, 2.45) is 0 Å². The molecule has 4 nitrogen and oxygen atoms in total. The Hall–Kier alpha value is -8.51. The van der Waals surface area contributed by atoms with Crippen LogP contribution in [0.5, 0.6) is 0 Å². The highest BCUT2D eigenvalue weighted by atomic mass is 32.1. The van der Waals surface area contributed by atoms with Crippen LogP contribution in [-0.2, 0) is 0 Å². The van der Waals surface area contributed by atoms with Crippen LogP contribution in [0.2, 0.25) is 0 Å². The van der Waals surface area contributed by atoms with Crippen molar-refractivity contribution in [1.82, 2.24) is 19.5 Å². The molecule has 0 fully saturated rings. The van der Waals surface area contributed by atoms with Crippen LogP contribution in [0.3, 0.4) is 0 Å². The van der Waals surface area contributed by atoms with Crippen LogP contribution in [0.15, 0.2) is 218 Å². The number of hydrogen-bond donors (Lipinski definition) is 0. The molecule has 0 bridgehead atoms. The lowest BCUT2D eigenvalue weighted by Gasteiger charge is -2.17. The molecule has 0 aliphatic rings. The van der Waals surface area contributed by atoms with E-state index in [1.165, 1.54) is 63.3 Å². The van der Waals surface area contributed by atoms with E-state index in [9.17, 15) is 0 Å². The summed E-state index contributed by atoms with van der Waals surface area (Å²) in [7, 11) is 0. The Labute approximate surface area is 383 Å². The SMILES string of the molecule is c1ccc(-c2cccc(-c3nc(-c4ccc5c(sc6ccc7ccccc7c65)c4-n4c5cc6ccccc6cc5c5ccc6ccccc6c54)nc(-c4cccc5ccccc45)n3)c2)cc1. The lowest BCUT2D eigenvalue weighted by Crippen LogP contribution is -2.04. The van der Waals surface area contributed by atoms with Crippen molar-refractivity contribution in [2.45, 2.75) is 0 Å². The first kappa shape index (κ1) is 36.9. The summed E-state index contributed by atoms with van der Waals surface area (Å²) in [6, 6.07) is 78.6. The van der Waals surface area contributed by atoms with Gasteiger partial charge >= 0.3 is 0 Å². The van der Waals surface area contributed by atoms with Crippen LogP contribution < -0.4 is 0 Å². The standard InChI is InChI=1S/C61H36N4S/c1-2-14-37(15-3-1)41-22-12-23-44(34-41)59-62-60(49-27-13-21-38-16-6-9-24-45(38)49)64-61(63-59)51-32-31-50-55-46-25-10-7-17-39(46)29-33-54(55)66-58(50)57(51)65-53-36-43-20-5-4-19-42(43)35-52(53)48-30-28-40-18-8-11-26-47(40)56(48)65/h1-36H. The zero-order chi connectivity index (χ0) is 43.3. The molecule has 14 rings (SSSR count). The van der Waals surface area contributed by atoms with Crippen LogP contribution in [0.4, 0.5) is 0 Å². The molecule has 11 aromatic carbocycles. The summed E-state index contributed by atoms with van der Waals surface area (Å²) in [4.78, 5) is 16.4. The van der Waals surface area contributed by atoms with Gasteiger partial charge in [0, 0.05) is 48.3 Å². The van der Waals surface area contributed by atoms with Gasteiger partial charge in [-0.15, -0.1) is 11.3 Å². The van der Waals surface area contributed by atoms with Crippen molar-refractivity contribution >= 4 is 96.4 Å². The number of nitrogens with zero attached hydrogens (tertiary/aromatic N) is 4. The molecule has 0 aliphatic heterocycles. The Kier molecular flexibility index (Phi) is 8.12. The molecule has 0 saturated heterocycles. The molecule has 0 amide bonds. The third-order valence-electron chi connectivity index (χ3n) is 13.4. The summed E-state index contributed by atoms with van der Waals surface area (Å²) in [5, 5.41) is 14.4. The van der Waals surface area contributed by atoms with Gasteiger partial charge < -0.3 is 4.57 Å². The zero-order valence-corrected chi connectivity index (χ0v) is 36.3. The topological polar surface area (TPSA) is 43.6 Å². The highest BCUT2D eigenvalue weighted by molar-refractivity contribution is 7.26. The van der Waals surface area contributed by atoms with E-state index in [0.29, 0.717) is 17.5 Å². The van der Waals surface area contributed by atoms with Crippen molar-refractivity contribution in [3.63, 3.8) is 0 Å². The minimum absolute atomic E-state index is 0.614. The molecule has 0 N–H and O–H groups in total. The van der Waals surface area contributed by atoms with Gasteiger partial charge in [0.2, 0.25) is 0 Å². The molecule has 0 atom stereocenters. The van der Waals surface area contributed by atoms with Crippen molar-refractivity contribution in [3.05, 3.63) is 218 Å². The minimum Gasteiger partial charge on any atom is -0.306 e. The number of benzene rings is 11. The van der Waals surface area contributed by atoms with E-state index in [0.717, 1.165) is 55.3 Å². The largest absolute Gasteiger partial charge is 0.306 e. The van der Waals surface area contributed by atoms with E-state index < -0.39 is 0 Å². The van der Waals surface area contributed by atoms with Gasteiger partial charge in [0.25, 0.3) is 0 Å². The van der Waals surface area contributed by atoms with E-state index in [4.69, 9.17) is 15.0 Å². The summed E-state index contributed by atoms with van der Waals surface area (Å²) in [6.07, 6.45) is 0. The van der Waals surface area contributed by atoms with Gasteiger partial charge in [-0.3, -0.25) is 0 Å². The van der Waals surface area contributed by atoms with Crippen LogP contribution in [0.25, 0.3) is 136 Å². The fourth-order valence-electron chi connectivity index (χ4n) is 10.3. The second-order valence-electron chi connectivity index (χ2n) is 17.1. The Balaban J connectivity index is 1.15. The van der Waals surface area contributed by atoms with Crippen LogP contribution in [-0.4, -0.2) is 19.5 Å². The van der Waals surface area contributed by atoms with Gasteiger partial charge in [-0.2, -0.15) is 0 Å². The number of thiophene rings is 1. The van der Waals surface area contributed by atoms with E-state index in [1.54, 1.807) is 0 Å². The molecule has 0 spiro atoms. The van der Waals surface area contributed by atoms with Gasteiger partial charge in [-0.05, 0) is 79.2 Å². The fraction of sp³-hybridized carbons (Fsp3) is 0. The highest BCUT2D eigenvalue weighted by Gasteiger charge is 2.25. The quantitative estimate of drug-likeness (QED) is 0.173. The lowest BCUT2D eigenvalue weighted by atomic mass is 10.0.